The lowest BCUT2D eigenvalue weighted by Gasteiger charge is -2.13. The van der Waals surface area contributed by atoms with Gasteiger partial charge < -0.3 is 14.5 Å². The summed E-state index contributed by atoms with van der Waals surface area (Å²) in [5.74, 6) is 1.31. The highest BCUT2D eigenvalue weighted by atomic mass is 32.2. The first-order valence-corrected chi connectivity index (χ1v) is 12.1. The van der Waals surface area contributed by atoms with E-state index in [0.29, 0.717) is 47.8 Å². The number of H-pyrrole nitrogens is 1. The van der Waals surface area contributed by atoms with Crippen molar-refractivity contribution < 1.29 is 17.9 Å². The molecule has 0 amide bonds. The molecule has 11 heteroatoms. The van der Waals surface area contributed by atoms with Gasteiger partial charge in [0, 0.05) is 20.1 Å². The monoisotopic (exact) mass is 463 g/mol. The molecule has 2 aromatic heterocycles. The maximum atomic E-state index is 13.0. The second-order valence-electron chi connectivity index (χ2n) is 7.12. The fourth-order valence-electron chi connectivity index (χ4n) is 3.39. The fraction of sp³-hybridized carbons (Fsp3) is 0.476. The van der Waals surface area contributed by atoms with Gasteiger partial charge in [-0.3, -0.25) is 4.79 Å². The summed E-state index contributed by atoms with van der Waals surface area (Å²) in [6, 6.07) is 4.46. The van der Waals surface area contributed by atoms with Gasteiger partial charge in [0.2, 0.25) is 10.0 Å². The van der Waals surface area contributed by atoms with Gasteiger partial charge in [0.25, 0.3) is 5.56 Å². The van der Waals surface area contributed by atoms with E-state index in [1.807, 2.05) is 20.8 Å². The maximum Gasteiger partial charge on any atom is 0.277 e. The molecule has 0 aliphatic heterocycles. The van der Waals surface area contributed by atoms with E-state index >= 15 is 0 Å². The Morgan fingerprint density at radius 3 is 2.66 bits per heavy atom. The van der Waals surface area contributed by atoms with E-state index in [4.69, 9.17) is 9.47 Å². The Kier molecular flexibility index (Phi) is 7.64. The summed E-state index contributed by atoms with van der Waals surface area (Å²) < 4.78 is 40.1. The van der Waals surface area contributed by atoms with Gasteiger partial charge >= 0.3 is 0 Å². The molecule has 0 bridgehead atoms. The number of aryl methyl sites for hydroxylation is 2. The normalized spacial score (nSPS) is 11.9. The number of ether oxygens (including phenoxy) is 2. The molecular formula is C21H29N5O5S. The average Bonchev–Trinajstić information content (AvgIpc) is 3.12. The fourth-order valence-corrected chi connectivity index (χ4v) is 4.43. The van der Waals surface area contributed by atoms with E-state index < -0.39 is 10.0 Å². The number of rotatable bonds is 11. The van der Waals surface area contributed by atoms with Crippen LogP contribution in [0.5, 0.6) is 5.75 Å². The molecule has 10 nitrogen and oxygen atoms in total. The Morgan fingerprint density at radius 2 is 2.00 bits per heavy atom. The van der Waals surface area contributed by atoms with Crippen molar-refractivity contribution in [1.29, 1.82) is 0 Å². The number of aromatic nitrogens is 4. The number of sulfonamides is 1. The third-order valence-corrected chi connectivity index (χ3v) is 6.32. The number of benzene rings is 1. The van der Waals surface area contributed by atoms with Crippen molar-refractivity contribution in [2.75, 3.05) is 26.9 Å². The van der Waals surface area contributed by atoms with Crippen LogP contribution in [0.3, 0.4) is 0 Å². The largest absolute Gasteiger partial charge is 0.493 e. The van der Waals surface area contributed by atoms with Crippen molar-refractivity contribution in [2.24, 2.45) is 0 Å². The number of hydrogen-bond donors (Lipinski definition) is 2. The summed E-state index contributed by atoms with van der Waals surface area (Å²) in [6.45, 7) is 6.53. The zero-order chi connectivity index (χ0) is 23.3. The molecular weight excluding hydrogens is 434 g/mol. The molecule has 0 aliphatic rings. The highest BCUT2D eigenvalue weighted by Crippen LogP contribution is 2.30. The molecule has 0 unspecified atom stereocenters. The van der Waals surface area contributed by atoms with Crippen LogP contribution >= 0.6 is 0 Å². The van der Waals surface area contributed by atoms with E-state index in [-0.39, 0.29) is 29.4 Å². The van der Waals surface area contributed by atoms with Crippen LogP contribution in [-0.4, -0.2) is 54.9 Å². The first-order chi connectivity index (χ1) is 15.4. The topological polar surface area (TPSA) is 128 Å². The van der Waals surface area contributed by atoms with Gasteiger partial charge in [-0.15, -0.1) is 5.10 Å². The van der Waals surface area contributed by atoms with Crippen LogP contribution in [0.4, 0.5) is 0 Å². The number of nitrogens with one attached hydrogen (secondary N) is 2. The van der Waals surface area contributed by atoms with Gasteiger partial charge in [-0.05, 0) is 38.0 Å². The molecule has 0 fully saturated rings. The van der Waals surface area contributed by atoms with Crippen molar-refractivity contribution >= 4 is 15.5 Å². The van der Waals surface area contributed by atoms with Gasteiger partial charge in [0.1, 0.15) is 11.6 Å². The van der Waals surface area contributed by atoms with Crippen LogP contribution in [0.1, 0.15) is 38.7 Å². The van der Waals surface area contributed by atoms with Crippen LogP contribution < -0.4 is 15.0 Å². The minimum absolute atomic E-state index is 0.0310. The van der Waals surface area contributed by atoms with Crippen molar-refractivity contribution in [2.45, 2.75) is 44.9 Å². The number of methoxy groups -OCH3 is 1. The third kappa shape index (κ3) is 4.84. The molecule has 1 aromatic carbocycles. The Labute approximate surface area is 187 Å². The van der Waals surface area contributed by atoms with Crippen LogP contribution in [0.15, 0.2) is 27.9 Å². The Bertz CT molecular complexity index is 1250. The van der Waals surface area contributed by atoms with Crippen molar-refractivity contribution in [3.05, 3.63) is 40.1 Å². The molecule has 0 radical (unpaired) electrons. The molecule has 0 aliphatic carbocycles. The van der Waals surface area contributed by atoms with Gasteiger partial charge in [0.15, 0.2) is 11.3 Å². The molecule has 3 rings (SSSR count). The van der Waals surface area contributed by atoms with Crippen LogP contribution in [0, 0.1) is 0 Å². The van der Waals surface area contributed by atoms with E-state index in [1.165, 1.54) is 19.2 Å². The lowest BCUT2D eigenvalue weighted by molar-refractivity contribution is 0.204. The summed E-state index contributed by atoms with van der Waals surface area (Å²) in [7, 11) is -2.29. The Morgan fingerprint density at radius 1 is 1.22 bits per heavy atom. The number of aromatic amines is 1. The second kappa shape index (κ2) is 10.2. The van der Waals surface area contributed by atoms with Gasteiger partial charge in [0.05, 0.1) is 29.4 Å². The molecule has 0 atom stereocenters. The number of imidazole rings is 1. The molecule has 2 N–H and O–H groups in total. The third-order valence-electron chi connectivity index (χ3n) is 4.86. The molecule has 0 saturated heterocycles. The Hall–Kier alpha value is -2.76. The Balaban J connectivity index is 2.18. The smallest absolute Gasteiger partial charge is 0.277 e. The quantitative estimate of drug-likeness (QED) is 0.416. The van der Waals surface area contributed by atoms with E-state index in [2.05, 4.69) is 19.8 Å². The lowest BCUT2D eigenvalue weighted by atomic mass is 10.2. The zero-order valence-electron chi connectivity index (χ0n) is 18.8. The second-order valence-corrected chi connectivity index (χ2v) is 8.89. The van der Waals surface area contributed by atoms with Gasteiger partial charge in [-0.2, -0.15) is 0 Å². The lowest BCUT2D eigenvalue weighted by Crippen LogP contribution is -2.27. The van der Waals surface area contributed by atoms with Crippen LogP contribution in [0.2, 0.25) is 0 Å². The maximum absolute atomic E-state index is 13.0. The number of fused-ring (bicyclic) bond motifs is 1. The highest BCUT2D eigenvalue weighted by molar-refractivity contribution is 7.89. The molecule has 2 heterocycles. The number of nitrogens with zero attached hydrogens (tertiary/aromatic N) is 3. The van der Waals surface area contributed by atoms with Gasteiger partial charge in [-0.1, -0.05) is 13.8 Å². The first kappa shape index (κ1) is 23.9. The van der Waals surface area contributed by atoms with E-state index in [0.717, 1.165) is 6.42 Å². The summed E-state index contributed by atoms with van der Waals surface area (Å²) in [4.78, 5) is 20.4. The summed E-state index contributed by atoms with van der Waals surface area (Å²) in [5.41, 5.74) is 1.12. The molecule has 32 heavy (non-hydrogen) atoms. The predicted octanol–water partition coefficient (Wildman–Crippen LogP) is 1.92. The minimum Gasteiger partial charge on any atom is -0.493 e. The average molecular weight is 464 g/mol. The highest BCUT2D eigenvalue weighted by Gasteiger charge is 2.21. The van der Waals surface area contributed by atoms with Crippen LogP contribution in [0.25, 0.3) is 16.9 Å². The van der Waals surface area contributed by atoms with Crippen molar-refractivity contribution in [1.82, 2.24) is 24.3 Å². The van der Waals surface area contributed by atoms with Crippen molar-refractivity contribution in [3.8, 4) is 17.1 Å². The molecule has 0 spiro atoms. The summed E-state index contributed by atoms with van der Waals surface area (Å²) in [5, 5.41) is 4.62. The predicted molar refractivity (Wildman–Crippen MR) is 121 cm³/mol. The molecule has 174 valence electrons. The molecule has 3 aromatic rings. The SMILES string of the molecule is CCCc1nc(CC)c2c(=O)[nH]c(-c3cc(S(=O)(=O)NCCOC)ccc3OCC)nn12. The molecule has 0 saturated carbocycles. The minimum atomic E-state index is -3.79. The van der Waals surface area contributed by atoms with E-state index in [9.17, 15) is 13.2 Å². The summed E-state index contributed by atoms with van der Waals surface area (Å²) in [6.07, 6.45) is 2.10. The summed E-state index contributed by atoms with van der Waals surface area (Å²) >= 11 is 0. The zero-order valence-corrected chi connectivity index (χ0v) is 19.6. The van der Waals surface area contributed by atoms with Crippen molar-refractivity contribution in [3.63, 3.8) is 0 Å². The standard InChI is InChI=1S/C21H29N5O5S/c1-5-8-18-23-16(6-2)19-21(27)24-20(25-26(18)19)15-13-14(9-10-17(15)31-7-3)32(28,29)22-11-12-30-4/h9-10,13,22H,5-8,11-12H2,1-4H3,(H,24,25,27). The van der Waals surface area contributed by atoms with E-state index in [1.54, 1.807) is 10.6 Å². The number of hydrogen-bond acceptors (Lipinski definition) is 7. The van der Waals surface area contributed by atoms with Gasteiger partial charge in [-0.25, -0.2) is 22.6 Å². The first-order valence-electron chi connectivity index (χ1n) is 10.6. The van der Waals surface area contributed by atoms with Crippen LogP contribution in [-0.2, 0) is 27.6 Å².